The van der Waals surface area contributed by atoms with Gasteiger partial charge in [0.25, 0.3) is 0 Å². The molecule has 5 N–H and O–H groups in total. The Morgan fingerprint density at radius 1 is 0.489 bits per heavy atom. The van der Waals surface area contributed by atoms with Crippen LogP contribution < -0.4 is 16.4 Å². The van der Waals surface area contributed by atoms with Gasteiger partial charge in [-0.05, 0) is 25.7 Å². The molecule has 0 aromatic carbocycles. The predicted octanol–water partition coefficient (Wildman–Crippen LogP) is 10.1. The maximum absolute atomic E-state index is 12.2. The van der Waals surface area contributed by atoms with Crippen LogP contribution in [0.25, 0.3) is 0 Å². The first-order valence-corrected chi connectivity index (χ1v) is 19.4. The molecular formula is C38H78ClN3O3. The molecule has 0 unspecified atom stereocenters. The number of hydrogen-bond acceptors (Lipinski definition) is 4. The molecule has 270 valence electrons. The Hall–Kier alpha value is -0.850. The first-order valence-electron chi connectivity index (χ1n) is 19.4. The molecule has 0 fully saturated rings. The number of carbonyl (C=O) groups is 2. The molecule has 6 nitrogen and oxygen atoms in total. The lowest BCUT2D eigenvalue weighted by molar-refractivity contribution is -0.121. The standard InChI is InChI=1S/C38H77N3O3.ClH/c1-3-5-7-9-11-13-15-17-19-21-23-25-27-29-36(43)40-33-31-38(39,35-42)32-34-41-37(44)30-28-26-24-22-20-18-16-14-12-10-8-6-4-2;/h42H,3-35,39H2,1-2H3,(H,40,43)(H,41,44);1H. The molecule has 0 radical (unpaired) electrons. The SMILES string of the molecule is CCCCCCCCCCCCCCCC(=O)NCCC(N)(CO)CCNC(=O)CCCCCCCCCCCCCCC.Cl. The van der Waals surface area contributed by atoms with Gasteiger partial charge in [0.15, 0.2) is 0 Å². The number of aliphatic hydroxyl groups excluding tert-OH is 1. The average molecular weight is 661 g/mol. The highest BCUT2D eigenvalue weighted by atomic mass is 35.5. The maximum atomic E-state index is 12.2. The van der Waals surface area contributed by atoms with Gasteiger partial charge in [-0.2, -0.15) is 0 Å². The van der Waals surface area contributed by atoms with E-state index in [4.69, 9.17) is 5.73 Å². The van der Waals surface area contributed by atoms with Gasteiger partial charge in [-0.15, -0.1) is 12.4 Å². The summed E-state index contributed by atoms with van der Waals surface area (Å²) >= 11 is 0. The average Bonchev–Trinajstić information content (AvgIpc) is 3.01. The summed E-state index contributed by atoms with van der Waals surface area (Å²) in [5, 5.41) is 15.8. The molecule has 45 heavy (non-hydrogen) atoms. The minimum atomic E-state index is -0.786. The topological polar surface area (TPSA) is 104 Å². The quantitative estimate of drug-likeness (QED) is 0.0508. The molecule has 0 aliphatic carbocycles. The summed E-state index contributed by atoms with van der Waals surface area (Å²) in [7, 11) is 0. The van der Waals surface area contributed by atoms with Gasteiger partial charge in [0.1, 0.15) is 0 Å². The fourth-order valence-corrected chi connectivity index (χ4v) is 5.97. The van der Waals surface area contributed by atoms with E-state index < -0.39 is 5.54 Å². The van der Waals surface area contributed by atoms with Gasteiger partial charge in [0.05, 0.1) is 6.61 Å². The highest BCUT2D eigenvalue weighted by Gasteiger charge is 2.23. The number of carbonyl (C=O) groups excluding carboxylic acids is 2. The fraction of sp³-hybridized carbons (Fsp3) is 0.947. The molecule has 0 bridgehead atoms. The van der Waals surface area contributed by atoms with E-state index in [-0.39, 0.29) is 30.8 Å². The lowest BCUT2D eigenvalue weighted by atomic mass is 9.93. The van der Waals surface area contributed by atoms with Crippen LogP contribution in [0.15, 0.2) is 0 Å². The molecule has 7 heteroatoms. The summed E-state index contributed by atoms with van der Waals surface area (Å²) in [6, 6.07) is 0. The van der Waals surface area contributed by atoms with Crippen molar-refractivity contribution < 1.29 is 14.7 Å². The molecule has 0 rings (SSSR count). The lowest BCUT2D eigenvalue weighted by Gasteiger charge is -2.27. The van der Waals surface area contributed by atoms with Crippen LogP contribution in [-0.4, -0.2) is 42.2 Å². The van der Waals surface area contributed by atoms with Crippen molar-refractivity contribution in [2.24, 2.45) is 5.73 Å². The van der Waals surface area contributed by atoms with Crippen LogP contribution in [0.2, 0.25) is 0 Å². The first kappa shape index (κ1) is 46.3. The van der Waals surface area contributed by atoms with Crippen molar-refractivity contribution >= 4 is 24.2 Å². The summed E-state index contributed by atoms with van der Waals surface area (Å²) < 4.78 is 0. The molecule has 0 heterocycles. The van der Waals surface area contributed by atoms with Gasteiger partial charge in [0, 0.05) is 31.5 Å². The van der Waals surface area contributed by atoms with E-state index in [9.17, 15) is 14.7 Å². The molecule has 0 saturated heterocycles. The zero-order valence-corrected chi connectivity index (χ0v) is 30.9. The monoisotopic (exact) mass is 660 g/mol. The van der Waals surface area contributed by atoms with Crippen LogP contribution in [-0.2, 0) is 9.59 Å². The molecular weight excluding hydrogens is 582 g/mol. The normalized spacial score (nSPS) is 11.4. The Kier molecular flexibility index (Phi) is 37.0. The highest BCUT2D eigenvalue weighted by molar-refractivity contribution is 5.85. The Morgan fingerprint density at radius 2 is 0.733 bits per heavy atom. The maximum Gasteiger partial charge on any atom is 0.219 e. The summed E-state index contributed by atoms with van der Waals surface area (Å²) in [4.78, 5) is 24.4. The Bertz CT molecular complexity index is 587. The van der Waals surface area contributed by atoms with Gasteiger partial charge >= 0.3 is 0 Å². The van der Waals surface area contributed by atoms with Crippen LogP contribution in [0, 0.1) is 0 Å². The van der Waals surface area contributed by atoms with Crippen molar-refractivity contribution in [2.45, 2.75) is 212 Å². The van der Waals surface area contributed by atoms with E-state index in [2.05, 4.69) is 24.5 Å². The minimum absolute atomic E-state index is 0. The predicted molar refractivity (Wildman–Crippen MR) is 197 cm³/mol. The molecule has 0 aromatic rings. The van der Waals surface area contributed by atoms with Crippen LogP contribution in [0.3, 0.4) is 0 Å². The van der Waals surface area contributed by atoms with E-state index >= 15 is 0 Å². The third-order valence-electron chi connectivity index (χ3n) is 9.22. The van der Waals surface area contributed by atoms with Gasteiger partial charge in [-0.25, -0.2) is 0 Å². The number of amides is 2. The summed E-state index contributed by atoms with van der Waals surface area (Å²) in [5.74, 6) is 0.138. The van der Waals surface area contributed by atoms with Gasteiger partial charge in [-0.3, -0.25) is 9.59 Å². The number of nitrogens with one attached hydrogen (secondary N) is 2. The zero-order chi connectivity index (χ0) is 32.4. The summed E-state index contributed by atoms with van der Waals surface area (Å²) in [6.07, 6.45) is 35.9. The summed E-state index contributed by atoms with van der Waals surface area (Å²) in [5.41, 5.74) is 5.58. The van der Waals surface area contributed by atoms with Crippen LogP contribution in [0.4, 0.5) is 0 Å². The van der Waals surface area contributed by atoms with Crippen molar-refractivity contribution in [2.75, 3.05) is 19.7 Å². The molecule has 0 spiro atoms. The largest absolute Gasteiger partial charge is 0.394 e. The molecule has 0 atom stereocenters. The Balaban J connectivity index is 0. The van der Waals surface area contributed by atoms with Gasteiger partial charge < -0.3 is 21.5 Å². The van der Waals surface area contributed by atoms with Crippen molar-refractivity contribution in [3.05, 3.63) is 0 Å². The number of unbranched alkanes of at least 4 members (excludes halogenated alkanes) is 24. The number of aliphatic hydroxyl groups is 1. The number of nitrogens with two attached hydrogens (primary N) is 1. The van der Waals surface area contributed by atoms with Crippen LogP contribution >= 0.6 is 12.4 Å². The van der Waals surface area contributed by atoms with E-state index in [1.54, 1.807) is 0 Å². The van der Waals surface area contributed by atoms with E-state index in [0.717, 1.165) is 25.7 Å². The van der Waals surface area contributed by atoms with Gasteiger partial charge in [-0.1, -0.05) is 168 Å². The zero-order valence-electron chi connectivity index (χ0n) is 30.1. The molecule has 0 aliphatic rings. The van der Waals surface area contributed by atoms with E-state index in [1.165, 1.54) is 141 Å². The highest BCUT2D eigenvalue weighted by Crippen LogP contribution is 2.15. The van der Waals surface area contributed by atoms with Gasteiger partial charge in [0.2, 0.25) is 11.8 Å². The number of hydrogen-bond donors (Lipinski definition) is 4. The second-order valence-electron chi connectivity index (χ2n) is 13.7. The molecule has 2 amide bonds. The van der Waals surface area contributed by atoms with Crippen molar-refractivity contribution in [3.63, 3.8) is 0 Å². The minimum Gasteiger partial charge on any atom is -0.394 e. The third-order valence-corrected chi connectivity index (χ3v) is 9.22. The molecule has 0 aliphatic heterocycles. The Labute approximate surface area is 286 Å². The van der Waals surface area contributed by atoms with E-state index in [1.807, 2.05) is 0 Å². The smallest absolute Gasteiger partial charge is 0.219 e. The number of rotatable bonds is 35. The molecule has 0 saturated carbocycles. The van der Waals surface area contributed by atoms with Crippen molar-refractivity contribution in [3.8, 4) is 0 Å². The fourth-order valence-electron chi connectivity index (χ4n) is 5.97. The number of halogens is 1. The third kappa shape index (κ3) is 34.3. The first-order chi connectivity index (χ1) is 21.5. The second-order valence-corrected chi connectivity index (χ2v) is 13.7. The van der Waals surface area contributed by atoms with E-state index in [0.29, 0.717) is 38.8 Å². The Morgan fingerprint density at radius 3 is 0.978 bits per heavy atom. The molecule has 0 aromatic heterocycles. The lowest BCUT2D eigenvalue weighted by Crippen LogP contribution is -2.48. The summed E-state index contributed by atoms with van der Waals surface area (Å²) in [6.45, 7) is 5.30. The van der Waals surface area contributed by atoms with Crippen molar-refractivity contribution in [1.82, 2.24) is 10.6 Å². The van der Waals surface area contributed by atoms with Crippen molar-refractivity contribution in [1.29, 1.82) is 0 Å². The van der Waals surface area contributed by atoms with Crippen LogP contribution in [0.1, 0.15) is 206 Å². The second kappa shape index (κ2) is 36.0. The van der Waals surface area contributed by atoms with Crippen LogP contribution in [0.5, 0.6) is 0 Å².